The number of pyridine rings is 1. The van der Waals surface area contributed by atoms with Crippen LogP contribution in [0.5, 0.6) is 0 Å². The number of hydrogen-bond acceptors (Lipinski definition) is 6. The van der Waals surface area contributed by atoms with Crippen LogP contribution in [0.25, 0.3) is 0 Å². The van der Waals surface area contributed by atoms with Crippen molar-refractivity contribution in [2.45, 2.75) is 71.1 Å². The number of rotatable bonds is 5. The summed E-state index contributed by atoms with van der Waals surface area (Å²) in [6.45, 7) is 6.38. The first-order valence-corrected chi connectivity index (χ1v) is 16.7. The largest absolute Gasteiger partial charge is 0.354 e. The van der Waals surface area contributed by atoms with Gasteiger partial charge in [0.05, 0.1) is 5.56 Å². The number of nitrogens with one attached hydrogen (secondary N) is 4. The quantitative estimate of drug-likeness (QED) is 0.305. The van der Waals surface area contributed by atoms with E-state index in [4.69, 9.17) is 0 Å². The van der Waals surface area contributed by atoms with E-state index in [0.29, 0.717) is 43.5 Å². The van der Waals surface area contributed by atoms with Crippen molar-refractivity contribution in [2.75, 3.05) is 13.1 Å². The zero-order valence-corrected chi connectivity index (χ0v) is 28.5. The molecule has 2 aliphatic rings. The molecule has 3 atom stereocenters. The Morgan fingerprint density at radius 2 is 1.51 bits per heavy atom. The van der Waals surface area contributed by atoms with Crippen LogP contribution in [0.2, 0.25) is 0 Å². The summed E-state index contributed by atoms with van der Waals surface area (Å²) in [7, 11) is 1.58. The number of hydrogen-bond donors (Lipinski definition) is 4. The van der Waals surface area contributed by atoms with E-state index in [1.165, 1.54) is 22.9 Å². The molecule has 4 N–H and O–H groups in total. The molecule has 49 heavy (non-hydrogen) atoms. The standard InChI is InChI=1S/C37H46N6O6/c1-24(2)20-30-35(47)39-25(3)33(45)38-18-8-9-19-43(37(49)29-16-17-32(44)42(4)23-29)22-27-12-14-28(15-13-27)34(46)40-31(36(48)41-30)21-26-10-6-5-7-11-26/h5-7,10-17,23-25,30-31H,8-9,18-22H2,1-4H3,(H,38,45)(H,39,47)(H,40,46)(H,41,48)/t25-,30+,31-/m1/s1. The zero-order chi connectivity index (χ0) is 35.5. The number of fused-ring (bicyclic) bond motifs is 18. The molecule has 0 spiro atoms. The molecule has 1 aromatic heterocycles. The van der Waals surface area contributed by atoms with Crippen molar-refractivity contribution in [3.05, 3.63) is 106 Å². The van der Waals surface area contributed by atoms with Gasteiger partial charge in [-0.15, -0.1) is 0 Å². The van der Waals surface area contributed by atoms with Gasteiger partial charge in [-0.25, -0.2) is 0 Å². The number of aromatic nitrogens is 1. The molecule has 3 heterocycles. The van der Waals surface area contributed by atoms with Crippen LogP contribution in [-0.2, 0) is 34.4 Å². The van der Waals surface area contributed by atoms with Crippen molar-refractivity contribution in [1.29, 1.82) is 0 Å². The topological polar surface area (TPSA) is 159 Å². The third-order valence-corrected chi connectivity index (χ3v) is 8.36. The summed E-state index contributed by atoms with van der Waals surface area (Å²) in [4.78, 5) is 80.7. The highest BCUT2D eigenvalue weighted by Gasteiger charge is 2.29. The van der Waals surface area contributed by atoms with E-state index in [2.05, 4.69) is 21.3 Å². The van der Waals surface area contributed by atoms with Gasteiger partial charge in [-0.05, 0) is 61.4 Å². The molecule has 5 amide bonds. The fraction of sp³-hybridized carbons (Fsp3) is 0.405. The Morgan fingerprint density at radius 1 is 0.816 bits per heavy atom. The lowest BCUT2D eigenvalue weighted by molar-refractivity contribution is -0.132. The molecule has 3 aromatic rings. The third-order valence-electron chi connectivity index (χ3n) is 8.36. The Hall–Kier alpha value is -5.26. The Balaban J connectivity index is 1.63. The molecule has 2 bridgehead atoms. The number of amides is 5. The lowest BCUT2D eigenvalue weighted by atomic mass is 10.0. The van der Waals surface area contributed by atoms with E-state index in [0.717, 1.165) is 11.1 Å². The lowest BCUT2D eigenvalue weighted by Gasteiger charge is -2.25. The van der Waals surface area contributed by atoms with Gasteiger partial charge in [0.1, 0.15) is 18.1 Å². The number of carbonyl (C=O) groups excluding carboxylic acids is 5. The summed E-state index contributed by atoms with van der Waals surface area (Å²) < 4.78 is 1.35. The number of nitrogens with zero attached hydrogens (tertiary/aromatic N) is 2. The van der Waals surface area contributed by atoms with Crippen molar-refractivity contribution >= 4 is 29.5 Å². The second kappa shape index (κ2) is 17.2. The molecule has 0 radical (unpaired) electrons. The predicted molar refractivity (Wildman–Crippen MR) is 185 cm³/mol. The van der Waals surface area contributed by atoms with Crippen molar-refractivity contribution in [3.63, 3.8) is 0 Å². The molecule has 0 unspecified atom stereocenters. The lowest BCUT2D eigenvalue weighted by Crippen LogP contribution is -2.57. The smallest absolute Gasteiger partial charge is 0.255 e. The summed E-state index contributed by atoms with van der Waals surface area (Å²) in [5.74, 6) is -2.07. The molecule has 2 aromatic carbocycles. The average molecular weight is 671 g/mol. The number of benzene rings is 2. The van der Waals surface area contributed by atoms with Gasteiger partial charge in [0.15, 0.2) is 0 Å². The van der Waals surface area contributed by atoms with Crippen molar-refractivity contribution in [3.8, 4) is 0 Å². The first kappa shape index (κ1) is 36.6. The third kappa shape index (κ3) is 10.6. The van der Waals surface area contributed by atoms with Gasteiger partial charge < -0.3 is 30.7 Å². The average Bonchev–Trinajstić information content (AvgIpc) is 3.07. The molecule has 260 valence electrons. The molecule has 0 saturated carbocycles. The zero-order valence-electron chi connectivity index (χ0n) is 28.5. The molecule has 0 fully saturated rings. The van der Waals surface area contributed by atoms with E-state index in [-0.39, 0.29) is 36.3 Å². The minimum atomic E-state index is -0.998. The van der Waals surface area contributed by atoms with Crippen LogP contribution < -0.4 is 26.8 Å². The van der Waals surface area contributed by atoms with Crippen LogP contribution in [-0.4, -0.2) is 70.2 Å². The van der Waals surface area contributed by atoms with Gasteiger partial charge in [0, 0.05) is 50.9 Å². The van der Waals surface area contributed by atoms with E-state index in [1.54, 1.807) is 43.1 Å². The highest BCUT2D eigenvalue weighted by Crippen LogP contribution is 2.14. The molecule has 0 saturated heterocycles. The number of aryl methyl sites for hydroxylation is 1. The van der Waals surface area contributed by atoms with E-state index in [1.807, 2.05) is 44.2 Å². The van der Waals surface area contributed by atoms with Gasteiger partial charge in [-0.1, -0.05) is 56.3 Å². The Bertz CT molecular complexity index is 1690. The fourth-order valence-corrected chi connectivity index (χ4v) is 5.59. The van der Waals surface area contributed by atoms with Crippen LogP contribution in [0.3, 0.4) is 0 Å². The summed E-state index contributed by atoms with van der Waals surface area (Å²) >= 11 is 0. The highest BCUT2D eigenvalue weighted by molar-refractivity contribution is 5.99. The van der Waals surface area contributed by atoms with Gasteiger partial charge in [-0.3, -0.25) is 28.8 Å². The summed E-state index contributed by atoms with van der Waals surface area (Å²) in [5.41, 5.74) is 2.06. The van der Waals surface area contributed by atoms with Crippen molar-refractivity contribution < 1.29 is 24.0 Å². The Kier molecular flexibility index (Phi) is 12.9. The SMILES string of the molecule is CC(C)C[C@@H]1NC(=O)[C@@H](Cc2ccccc2)NC(=O)c2ccc(cc2)CN(C(=O)c2ccc(=O)n(C)c2)CCCCNC(=O)[C@@H](C)NC1=O. The molecular formula is C37H46N6O6. The molecular weight excluding hydrogens is 624 g/mol. The monoisotopic (exact) mass is 670 g/mol. The maximum Gasteiger partial charge on any atom is 0.255 e. The van der Waals surface area contributed by atoms with Gasteiger partial charge in [-0.2, -0.15) is 0 Å². The normalized spacial score (nSPS) is 20.1. The fourth-order valence-electron chi connectivity index (χ4n) is 5.59. The molecule has 2 aliphatic heterocycles. The molecule has 0 aliphatic carbocycles. The van der Waals surface area contributed by atoms with Crippen LogP contribution >= 0.6 is 0 Å². The van der Waals surface area contributed by atoms with Gasteiger partial charge in [0.25, 0.3) is 11.8 Å². The van der Waals surface area contributed by atoms with Crippen molar-refractivity contribution in [1.82, 2.24) is 30.7 Å². The van der Waals surface area contributed by atoms with E-state index >= 15 is 0 Å². The Morgan fingerprint density at radius 3 is 2.18 bits per heavy atom. The van der Waals surface area contributed by atoms with Gasteiger partial charge >= 0.3 is 0 Å². The predicted octanol–water partition coefficient (Wildman–Crippen LogP) is 2.31. The summed E-state index contributed by atoms with van der Waals surface area (Å²) in [6, 6.07) is 16.1. The maximum absolute atomic E-state index is 13.7. The summed E-state index contributed by atoms with van der Waals surface area (Å²) in [6.07, 6.45) is 3.16. The molecule has 5 rings (SSSR count). The van der Waals surface area contributed by atoms with Crippen LogP contribution in [0.1, 0.15) is 71.9 Å². The van der Waals surface area contributed by atoms with Gasteiger partial charge in [0.2, 0.25) is 23.3 Å². The molecule has 12 nitrogen and oxygen atoms in total. The van der Waals surface area contributed by atoms with Crippen LogP contribution in [0, 0.1) is 5.92 Å². The van der Waals surface area contributed by atoms with Crippen molar-refractivity contribution in [2.24, 2.45) is 13.0 Å². The first-order valence-electron chi connectivity index (χ1n) is 16.7. The molecule has 12 heteroatoms. The van der Waals surface area contributed by atoms with E-state index < -0.39 is 35.8 Å². The Labute approximate surface area is 286 Å². The van der Waals surface area contributed by atoms with E-state index in [9.17, 15) is 28.8 Å². The minimum Gasteiger partial charge on any atom is -0.354 e. The maximum atomic E-state index is 13.7. The van der Waals surface area contributed by atoms with Crippen LogP contribution in [0.4, 0.5) is 0 Å². The second-order valence-corrected chi connectivity index (χ2v) is 12.9. The highest BCUT2D eigenvalue weighted by atomic mass is 16.2. The first-order chi connectivity index (χ1) is 23.4. The summed E-state index contributed by atoms with van der Waals surface area (Å²) in [5, 5.41) is 11.2. The van der Waals surface area contributed by atoms with Crippen LogP contribution in [0.15, 0.2) is 77.7 Å². The minimum absolute atomic E-state index is 0.0515. The number of carbonyl (C=O) groups is 5. The second-order valence-electron chi connectivity index (χ2n) is 12.9.